The standard InChI is InChI=1S/C12H19N3O2/c1-6-7-13-8-9-14-11(15-17-9)10(16-5)12(2,3)4/h1,10,13H,7-8H2,2-5H3. The van der Waals surface area contributed by atoms with Gasteiger partial charge in [0.15, 0.2) is 0 Å². The molecule has 1 unspecified atom stereocenters. The molecule has 5 heteroatoms. The average Bonchev–Trinajstić information content (AvgIpc) is 2.66. The molecule has 1 heterocycles. The zero-order valence-electron chi connectivity index (χ0n) is 10.8. The number of aromatic nitrogens is 2. The maximum Gasteiger partial charge on any atom is 0.240 e. The van der Waals surface area contributed by atoms with Crippen LogP contribution in [0, 0.1) is 17.8 Å². The number of methoxy groups -OCH3 is 1. The molecule has 0 aliphatic carbocycles. The van der Waals surface area contributed by atoms with E-state index in [1.807, 2.05) is 0 Å². The highest BCUT2D eigenvalue weighted by molar-refractivity contribution is 4.96. The van der Waals surface area contributed by atoms with Gasteiger partial charge >= 0.3 is 0 Å². The predicted molar refractivity (Wildman–Crippen MR) is 64.0 cm³/mol. The number of hydrogen-bond donors (Lipinski definition) is 1. The molecule has 0 bridgehead atoms. The fourth-order valence-electron chi connectivity index (χ4n) is 1.53. The van der Waals surface area contributed by atoms with Crippen LogP contribution in [0.25, 0.3) is 0 Å². The van der Waals surface area contributed by atoms with Gasteiger partial charge in [-0.1, -0.05) is 31.8 Å². The van der Waals surface area contributed by atoms with E-state index in [0.717, 1.165) is 0 Å². The Balaban J connectivity index is 2.69. The molecule has 0 amide bonds. The maximum absolute atomic E-state index is 5.40. The molecule has 17 heavy (non-hydrogen) atoms. The van der Waals surface area contributed by atoms with Crippen LogP contribution in [0.1, 0.15) is 38.6 Å². The van der Waals surface area contributed by atoms with Crippen LogP contribution in [0.5, 0.6) is 0 Å². The summed E-state index contributed by atoms with van der Waals surface area (Å²) < 4.78 is 10.5. The lowest BCUT2D eigenvalue weighted by Crippen LogP contribution is -2.21. The summed E-state index contributed by atoms with van der Waals surface area (Å²) in [6.07, 6.45) is 4.94. The van der Waals surface area contributed by atoms with Crippen LogP contribution in [0.3, 0.4) is 0 Å². The first-order valence-electron chi connectivity index (χ1n) is 5.48. The molecule has 1 atom stereocenters. The van der Waals surface area contributed by atoms with Crippen molar-refractivity contribution in [1.82, 2.24) is 15.5 Å². The van der Waals surface area contributed by atoms with Crippen molar-refractivity contribution >= 4 is 0 Å². The summed E-state index contributed by atoms with van der Waals surface area (Å²) in [4.78, 5) is 4.29. The predicted octanol–water partition coefficient (Wildman–Crippen LogP) is 1.53. The number of nitrogens with one attached hydrogen (secondary N) is 1. The topological polar surface area (TPSA) is 60.2 Å². The summed E-state index contributed by atoms with van der Waals surface area (Å²) in [5, 5.41) is 6.92. The van der Waals surface area contributed by atoms with E-state index in [1.165, 1.54) is 0 Å². The highest BCUT2D eigenvalue weighted by Gasteiger charge is 2.30. The van der Waals surface area contributed by atoms with Crippen LogP contribution in [0.2, 0.25) is 0 Å². The first-order chi connectivity index (χ1) is 7.99. The van der Waals surface area contributed by atoms with E-state index in [0.29, 0.717) is 24.8 Å². The van der Waals surface area contributed by atoms with Crippen LogP contribution < -0.4 is 5.32 Å². The van der Waals surface area contributed by atoms with Gasteiger partial charge in [0.05, 0.1) is 13.1 Å². The summed E-state index contributed by atoms with van der Waals surface area (Å²) in [5.74, 6) is 3.56. The number of hydrogen-bond acceptors (Lipinski definition) is 5. The minimum atomic E-state index is -0.187. The molecule has 5 nitrogen and oxygen atoms in total. The van der Waals surface area contributed by atoms with Gasteiger partial charge in [0.2, 0.25) is 11.7 Å². The van der Waals surface area contributed by atoms with Gasteiger partial charge in [-0.25, -0.2) is 0 Å². The van der Waals surface area contributed by atoms with Crippen molar-refractivity contribution in [2.75, 3.05) is 13.7 Å². The van der Waals surface area contributed by atoms with Crippen molar-refractivity contribution in [2.24, 2.45) is 5.41 Å². The molecule has 0 aromatic carbocycles. The summed E-state index contributed by atoms with van der Waals surface area (Å²) in [7, 11) is 1.64. The van der Waals surface area contributed by atoms with Crippen LogP contribution in [0.15, 0.2) is 4.52 Å². The zero-order valence-corrected chi connectivity index (χ0v) is 10.8. The molecule has 0 saturated heterocycles. The Kier molecular flexibility index (Phi) is 4.67. The van der Waals surface area contributed by atoms with Gasteiger partial charge in [-0.2, -0.15) is 4.98 Å². The molecule has 0 saturated carbocycles. The minimum absolute atomic E-state index is 0.0812. The van der Waals surface area contributed by atoms with Gasteiger partial charge < -0.3 is 9.26 Å². The largest absolute Gasteiger partial charge is 0.373 e. The molecule has 0 radical (unpaired) electrons. The number of nitrogens with zero attached hydrogens (tertiary/aromatic N) is 2. The summed E-state index contributed by atoms with van der Waals surface area (Å²) in [6, 6.07) is 0. The summed E-state index contributed by atoms with van der Waals surface area (Å²) >= 11 is 0. The van der Waals surface area contributed by atoms with Crippen LogP contribution >= 0.6 is 0 Å². The van der Waals surface area contributed by atoms with Crippen molar-refractivity contribution in [1.29, 1.82) is 0 Å². The van der Waals surface area contributed by atoms with Crippen LogP contribution in [-0.2, 0) is 11.3 Å². The Morgan fingerprint density at radius 2 is 2.24 bits per heavy atom. The molecule has 0 aliphatic rings. The van der Waals surface area contributed by atoms with Gasteiger partial charge in [-0.3, -0.25) is 5.32 Å². The van der Waals surface area contributed by atoms with Crippen molar-refractivity contribution in [2.45, 2.75) is 33.4 Å². The van der Waals surface area contributed by atoms with Crippen molar-refractivity contribution in [3.8, 4) is 12.3 Å². The molecule has 1 rings (SSSR count). The monoisotopic (exact) mass is 237 g/mol. The fourth-order valence-corrected chi connectivity index (χ4v) is 1.53. The van der Waals surface area contributed by atoms with Crippen LogP contribution in [-0.4, -0.2) is 23.8 Å². The highest BCUT2D eigenvalue weighted by atomic mass is 16.5. The van der Waals surface area contributed by atoms with E-state index in [-0.39, 0.29) is 11.5 Å². The van der Waals surface area contributed by atoms with E-state index in [9.17, 15) is 0 Å². The lowest BCUT2D eigenvalue weighted by molar-refractivity contribution is 0.00718. The third-order valence-corrected chi connectivity index (χ3v) is 2.24. The molecular formula is C12H19N3O2. The quantitative estimate of drug-likeness (QED) is 0.621. The van der Waals surface area contributed by atoms with E-state index in [1.54, 1.807) is 7.11 Å². The molecule has 0 aliphatic heterocycles. The van der Waals surface area contributed by atoms with E-state index < -0.39 is 0 Å². The zero-order chi connectivity index (χ0) is 12.9. The third kappa shape index (κ3) is 3.84. The highest BCUT2D eigenvalue weighted by Crippen LogP contribution is 2.33. The molecule has 0 spiro atoms. The summed E-state index contributed by atoms with van der Waals surface area (Å²) in [5.41, 5.74) is -0.0812. The van der Waals surface area contributed by atoms with Crippen molar-refractivity contribution in [3.63, 3.8) is 0 Å². The molecular weight excluding hydrogens is 218 g/mol. The molecule has 0 fully saturated rings. The Bertz CT molecular complexity index is 387. The fraction of sp³-hybridized carbons (Fsp3) is 0.667. The Morgan fingerprint density at radius 3 is 2.76 bits per heavy atom. The van der Waals surface area contributed by atoms with Gasteiger partial charge in [0, 0.05) is 7.11 Å². The van der Waals surface area contributed by atoms with Gasteiger partial charge in [-0.05, 0) is 5.41 Å². The first kappa shape index (κ1) is 13.7. The minimum Gasteiger partial charge on any atom is -0.373 e. The molecule has 94 valence electrons. The van der Waals surface area contributed by atoms with E-state index in [2.05, 4.69) is 42.1 Å². The molecule has 1 aromatic heterocycles. The number of terminal acetylenes is 1. The Labute approximate surface area is 102 Å². The van der Waals surface area contributed by atoms with Crippen molar-refractivity contribution in [3.05, 3.63) is 11.7 Å². The normalized spacial score (nSPS) is 13.4. The Hall–Kier alpha value is -1.38. The maximum atomic E-state index is 5.40. The van der Waals surface area contributed by atoms with Crippen LogP contribution in [0.4, 0.5) is 0 Å². The molecule has 1 aromatic rings. The third-order valence-electron chi connectivity index (χ3n) is 2.24. The van der Waals surface area contributed by atoms with E-state index in [4.69, 9.17) is 15.7 Å². The van der Waals surface area contributed by atoms with E-state index >= 15 is 0 Å². The van der Waals surface area contributed by atoms with Gasteiger partial charge in [0.25, 0.3) is 0 Å². The van der Waals surface area contributed by atoms with Gasteiger partial charge in [0.1, 0.15) is 6.10 Å². The number of rotatable bonds is 5. The average molecular weight is 237 g/mol. The first-order valence-corrected chi connectivity index (χ1v) is 5.48. The smallest absolute Gasteiger partial charge is 0.240 e. The second-order valence-corrected chi connectivity index (χ2v) is 4.84. The lowest BCUT2D eigenvalue weighted by atomic mass is 9.88. The second kappa shape index (κ2) is 5.80. The lowest BCUT2D eigenvalue weighted by Gasteiger charge is -2.26. The SMILES string of the molecule is C#CCNCc1nc(C(OC)C(C)(C)C)no1. The number of ether oxygens (including phenoxy) is 1. The molecule has 1 N–H and O–H groups in total. The second-order valence-electron chi connectivity index (χ2n) is 4.84. The summed E-state index contributed by atoms with van der Waals surface area (Å²) in [6.45, 7) is 7.14. The Morgan fingerprint density at radius 1 is 1.53 bits per heavy atom. The van der Waals surface area contributed by atoms with Crippen molar-refractivity contribution < 1.29 is 9.26 Å². The van der Waals surface area contributed by atoms with Gasteiger partial charge in [-0.15, -0.1) is 6.42 Å².